The molecular formula is C10H12O4. The van der Waals surface area contributed by atoms with Crippen molar-refractivity contribution in [1.82, 2.24) is 0 Å². The fourth-order valence-electron chi connectivity index (χ4n) is 0.955. The van der Waals surface area contributed by atoms with E-state index in [4.69, 9.17) is 4.74 Å². The van der Waals surface area contributed by atoms with Gasteiger partial charge in [-0.15, -0.1) is 0 Å². The van der Waals surface area contributed by atoms with E-state index in [0.29, 0.717) is 18.0 Å². The molecule has 1 aromatic rings. The van der Waals surface area contributed by atoms with Crippen molar-refractivity contribution in [3.8, 4) is 11.5 Å². The quantitative estimate of drug-likeness (QED) is 0.583. The van der Waals surface area contributed by atoms with E-state index < -0.39 is 5.79 Å². The molecule has 1 N–H and O–H groups in total. The van der Waals surface area contributed by atoms with Crippen molar-refractivity contribution in [2.24, 2.45) is 0 Å². The zero-order valence-electron chi connectivity index (χ0n) is 8.06. The molecule has 0 aliphatic rings. The molecule has 0 radical (unpaired) electrons. The fraction of sp³-hybridized carbons (Fsp3) is 0.300. The minimum absolute atomic E-state index is 0.337. The first kappa shape index (κ1) is 10.5. The van der Waals surface area contributed by atoms with Crippen LogP contribution in [0, 0.1) is 0 Å². The Balaban J connectivity index is 2.78. The van der Waals surface area contributed by atoms with E-state index in [9.17, 15) is 9.90 Å². The molecule has 0 aromatic heterocycles. The molecule has 76 valence electrons. The summed E-state index contributed by atoms with van der Waals surface area (Å²) in [7, 11) is 0. The Morgan fingerprint density at radius 2 is 2.00 bits per heavy atom. The summed E-state index contributed by atoms with van der Waals surface area (Å²) < 4.78 is 9.77. The molecule has 0 saturated heterocycles. The zero-order chi connectivity index (χ0) is 10.6. The van der Waals surface area contributed by atoms with Gasteiger partial charge in [0.1, 0.15) is 11.5 Å². The number of carbonyl (C=O) groups excluding carboxylic acids is 1. The molecule has 0 amide bonds. The summed E-state index contributed by atoms with van der Waals surface area (Å²) in [5.74, 6) is -0.432. The number of carbonyl (C=O) groups is 1. The molecule has 0 atom stereocenters. The molecule has 4 nitrogen and oxygen atoms in total. The number of hydrogen-bond donors (Lipinski definition) is 1. The van der Waals surface area contributed by atoms with E-state index in [-0.39, 0.29) is 0 Å². The van der Waals surface area contributed by atoms with E-state index in [1.54, 1.807) is 18.2 Å². The predicted molar refractivity (Wildman–Crippen MR) is 50.1 cm³/mol. The average Bonchev–Trinajstić information content (AvgIpc) is 2.02. The fourth-order valence-corrected chi connectivity index (χ4v) is 0.955. The van der Waals surface area contributed by atoms with Gasteiger partial charge < -0.3 is 14.6 Å². The SMILES string of the molecule is CC(C)(O)Oc1cccc(OC=O)c1. The number of rotatable bonds is 4. The van der Waals surface area contributed by atoms with Gasteiger partial charge in [-0.25, -0.2) is 0 Å². The summed E-state index contributed by atoms with van der Waals surface area (Å²) in [6, 6.07) is 6.47. The van der Waals surface area contributed by atoms with Crippen molar-refractivity contribution in [3.05, 3.63) is 24.3 Å². The largest absolute Gasteiger partial charge is 0.463 e. The van der Waals surface area contributed by atoms with E-state index in [1.165, 1.54) is 19.9 Å². The van der Waals surface area contributed by atoms with Gasteiger partial charge >= 0.3 is 0 Å². The maximum absolute atomic E-state index is 10.1. The van der Waals surface area contributed by atoms with E-state index >= 15 is 0 Å². The first-order valence-corrected chi connectivity index (χ1v) is 4.13. The molecule has 4 heteroatoms. The monoisotopic (exact) mass is 196 g/mol. The molecule has 1 aromatic carbocycles. The minimum atomic E-state index is -1.25. The maximum atomic E-state index is 10.1. The van der Waals surface area contributed by atoms with Crippen LogP contribution < -0.4 is 9.47 Å². The van der Waals surface area contributed by atoms with E-state index in [2.05, 4.69) is 4.74 Å². The van der Waals surface area contributed by atoms with Gasteiger partial charge in [0.2, 0.25) is 5.79 Å². The lowest BCUT2D eigenvalue weighted by Crippen LogP contribution is -2.26. The van der Waals surface area contributed by atoms with Gasteiger partial charge in [-0.2, -0.15) is 0 Å². The van der Waals surface area contributed by atoms with E-state index in [1.807, 2.05) is 0 Å². The maximum Gasteiger partial charge on any atom is 0.298 e. The van der Waals surface area contributed by atoms with Crippen LogP contribution in [0.25, 0.3) is 0 Å². The van der Waals surface area contributed by atoms with Crippen molar-refractivity contribution >= 4 is 6.47 Å². The standard InChI is InChI=1S/C10H12O4/c1-10(2,12)14-9-5-3-4-8(6-9)13-7-11/h3-7,12H,1-2H3. The van der Waals surface area contributed by atoms with Gasteiger partial charge in [-0.1, -0.05) is 6.07 Å². The molecule has 0 saturated carbocycles. The molecule has 0 aliphatic carbocycles. The predicted octanol–water partition coefficient (Wildman–Crippen LogP) is 1.33. The van der Waals surface area contributed by atoms with Crippen molar-refractivity contribution in [2.45, 2.75) is 19.6 Å². The number of hydrogen-bond acceptors (Lipinski definition) is 4. The highest BCUT2D eigenvalue weighted by atomic mass is 16.6. The topological polar surface area (TPSA) is 55.8 Å². The van der Waals surface area contributed by atoms with Crippen LogP contribution in [0.15, 0.2) is 24.3 Å². The molecule has 14 heavy (non-hydrogen) atoms. The molecular weight excluding hydrogens is 184 g/mol. The van der Waals surface area contributed by atoms with Gasteiger partial charge in [0.25, 0.3) is 6.47 Å². The third-order valence-electron chi connectivity index (χ3n) is 1.36. The number of ether oxygens (including phenoxy) is 2. The Morgan fingerprint density at radius 1 is 1.36 bits per heavy atom. The first-order chi connectivity index (χ1) is 6.51. The molecule has 0 heterocycles. The van der Waals surface area contributed by atoms with Gasteiger partial charge in [0, 0.05) is 19.9 Å². The van der Waals surface area contributed by atoms with Crippen molar-refractivity contribution in [1.29, 1.82) is 0 Å². The Morgan fingerprint density at radius 3 is 2.57 bits per heavy atom. The van der Waals surface area contributed by atoms with Gasteiger partial charge in [0.05, 0.1) is 0 Å². The third-order valence-corrected chi connectivity index (χ3v) is 1.36. The summed E-state index contributed by atoms with van der Waals surface area (Å²) in [6.45, 7) is 3.36. The Bertz CT molecular complexity index is 314. The molecule has 0 aliphatic heterocycles. The van der Waals surface area contributed by atoms with Crippen molar-refractivity contribution in [2.75, 3.05) is 0 Å². The Labute approximate surface area is 82.1 Å². The average molecular weight is 196 g/mol. The lowest BCUT2D eigenvalue weighted by Gasteiger charge is -2.19. The van der Waals surface area contributed by atoms with Gasteiger partial charge in [-0.3, -0.25) is 4.79 Å². The minimum Gasteiger partial charge on any atom is -0.463 e. The Hall–Kier alpha value is -1.55. The number of benzene rings is 1. The smallest absolute Gasteiger partial charge is 0.298 e. The summed E-state index contributed by atoms with van der Waals surface area (Å²) in [4.78, 5) is 10.1. The summed E-state index contributed by atoms with van der Waals surface area (Å²) >= 11 is 0. The first-order valence-electron chi connectivity index (χ1n) is 4.13. The van der Waals surface area contributed by atoms with Gasteiger partial charge in [0.15, 0.2) is 0 Å². The summed E-state index contributed by atoms with van der Waals surface area (Å²) in [5.41, 5.74) is 0. The van der Waals surface area contributed by atoms with Crippen LogP contribution in [0.1, 0.15) is 13.8 Å². The normalized spacial score (nSPS) is 10.8. The second kappa shape index (κ2) is 4.11. The molecule has 0 fully saturated rings. The van der Waals surface area contributed by atoms with Crippen LogP contribution in [0.5, 0.6) is 11.5 Å². The third kappa shape index (κ3) is 3.45. The highest BCUT2D eigenvalue weighted by molar-refractivity contribution is 5.46. The molecule has 1 rings (SSSR count). The van der Waals surface area contributed by atoms with Crippen LogP contribution in [0.2, 0.25) is 0 Å². The van der Waals surface area contributed by atoms with Crippen LogP contribution >= 0.6 is 0 Å². The second-order valence-corrected chi connectivity index (χ2v) is 3.24. The van der Waals surface area contributed by atoms with Gasteiger partial charge in [-0.05, 0) is 12.1 Å². The molecule has 0 spiro atoms. The summed E-state index contributed by atoms with van der Waals surface area (Å²) in [5, 5.41) is 9.36. The Kier molecular flexibility index (Phi) is 3.09. The lowest BCUT2D eigenvalue weighted by molar-refractivity contribution is -0.120. The number of aliphatic hydroxyl groups is 1. The highest BCUT2D eigenvalue weighted by Crippen LogP contribution is 2.21. The van der Waals surface area contributed by atoms with Crippen LogP contribution in [0.3, 0.4) is 0 Å². The zero-order valence-corrected chi connectivity index (χ0v) is 8.06. The van der Waals surface area contributed by atoms with Crippen LogP contribution in [-0.2, 0) is 4.79 Å². The molecule has 0 bridgehead atoms. The van der Waals surface area contributed by atoms with E-state index in [0.717, 1.165) is 0 Å². The van der Waals surface area contributed by atoms with Crippen LogP contribution in [0.4, 0.5) is 0 Å². The highest BCUT2D eigenvalue weighted by Gasteiger charge is 2.13. The van der Waals surface area contributed by atoms with Crippen molar-refractivity contribution in [3.63, 3.8) is 0 Å². The van der Waals surface area contributed by atoms with Crippen LogP contribution in [-0.4, -0.2) is 17.4 Å². The second-order valence-electron chi connectivity index (χ2n) is 3.24. The molecule has 0 unspecified atom stereocenters. The lowest BCUT2D eigenvalue weighted by atomic mass is 10.3. The summed E-state index contributed by atoms with van der Waals surface area (Å²) in [6.07, 6.45) is 0. The van der Waals surface area contributed by atoms with Crippen molar-refractivity contribution < 1.29 is 19.4 Å².